The van der Waals surface area contributed by atoms with Gasteiger partial charge in [0.1, 0.15) is 22.9 Å². The molecule has 3 rings (SSSR count). The predicted octanol–water partition coefficient (Wildman–Crippen LogP) is 1.50. The highest BCUT2D eigenvalue weighted by Gasteiger charge is 2.33. The van der Waals surface area contributed by atoms with Crippen molar-refractivity contribution in [3.8, 4) is 0 Å². The Hall–Kier alpha value is -2.43. The quantitative estimate of drug-likeness (QED) is 0.479. The van der Waals surface area contributed by atoms with Crippen LogP contribution in [0.25, 0.3) is 0 Å². The molecule has 5 heteroatoms. The van der Waals surface area contributed by atoms with E-state index in [4.69, 9.17) is 0 Å². The van der Waals surface area contributed by atoms with Crippen molar-refractivity contribution in [3.05, 3.63) is 52.6 Å². The molecule has 0 aliphatic heterocycles. The number of rotatable bonds is 0. The Morgan fingerprint density at radius 2 is 1.94 bits per heavy atom. The molecular formula is C13H11N3O2. The van der Waals surface area contributed by atoms with Gasteiger partial charge in [-0.05, 0) is 6.92 Å². The molecule has 0 atom stereocenters. The normalized spacial score (nSPS) is 15.7. The number of hydrogen-bond acceptors (Lipinski definition) is 4. The van der Waals surface area contributed by atoms with Gasteiger partial charge in [0, 0.05) is 18.2 Å². The van der Waals surface area contributed by atoms with Gasteiger partial charge in [-0.2, -0.15) is 0 Å². The van der Waals surface area contributed by atoms with Crippen LogP contribution in [0.1, 0.15) is 33.1 Å². The lowest BCUT2D eigenvalue weighted by molar-refractivity contribution is 0.102. The van der Waals surface area contributed by atoms with Gasteiger partial charge in [-0.1, -0.05) is 29.4 Å². The molecule has 1 aliphatic rings. The Bertz CT molecular complexity index is 698. The Morgan fingerprint density at radius 3 is 2.61 bits per heavy atom. The maximum atomic E-state index is 12.4. The van der Waals surface area contributed by atoms with Crippen molar-refractivity contribution in [2.75, 3.05) is 0 Å². The summed E-state index contributed by atoms with van der Waals surface area (Å²) in [6.07, 6.45) is 0. The fourth-order valence-corrected chi connectivity index (χ4v) is 2.28. The molecule has 2 aromatic rings. The van der Waals surface area contributed by atoms with Crippen LogP contribution in [0.4, 0.5) is 0 Å². The van der Waals surface area contributed by atoms with Crippen molar-refractivity contribution in [1.82, 2.24) is 9.55 Å². The van der Waals surface area contributed by atoms with Crippen LogP contribution in [-0.2, 0) is 7.05 Å². The number of fused-ring (bicyclic) bond motifs is 2. The summed E-state index contributed by atoms with van der Waals surface area (Å²) in [6.45, 7) is 1.81. The van der Waals surface area contributed by atoms with E-state index < -0.39 is 0 Å². The molecule has 0 fully saturated rings. The second-order valence-corrected chi connectivity index (χ2v) is 4.24. The third-order valence-corrected chi connectivity index (χ3v) is 3.28. The molecule has 1 N–H and O–H groups in total. The summed E-state index contributed by atoms with van der Waals surface area (Å²) in [6, 6.07) is 7.08. The van der Waals surface area contributed by atoms with Gasteiger partial charge in [0.15, 0.2) is 0 Å². The average molecular weight is 241 g/mol. The molecule has 1 aromatic carbocycles. The molecule has 18 heavy (non-hydrogen) atoms. The van der Waals surface area contributed by atoms with E-state index in [1.807, 2.05) is 6.92 Å². The molecule has 1 heterocycles. The van der Waals surface area contributed by atoms with Crippen LogP contribution in [0, 0.1) is 6.92 Å². The topological polar surface area (TPSA) is 67.5 Å². The first-order valence-corrected chi connectivity index (χ1v) is 5.55. The molecule has 0 bridgehead atoms. The van der Waals surface area contributed by atoms with E-state index in [0.29, 0.717) is 34.1 Å². The summed E-state index contributed by atoms with van der Waals surface area (Å²) in [5, 5.41) is 12.5. The van der Waals surface area contributed by atoms with Gasteiger partial charge in [-0.15, -0.1) is 0 Å². The highest BCUT2D eigenvalue weighted by Crippen LogP contribution is 2.27. The van der Waals surface area contributed by atoms with Crippen LogP contribution in [0.15, 0.2) is 29.4 Å². The fraction of sp³-hybridized carbons (Fsp3) is 0.154. The highest BCUT2D eigenvalue weighted by molar-refractivity contribution is 6.28. The van der Waals surface area contributed by atoms with Crippen molar-refractivity contribution in [2.45, 2.75) is 6.92 Å². The molecule has 1 aliphatic carbocycles. The summed E-state index contributed by atoms with van der Waals surface area (Å²) < 4.78 is 1.72. The van der Waals surface area contributed by atoms with E-state index in [-0.39, 0.29) is 5.78 Å². The zero-order valence-electron chi connectivity index (χ0n) is 10.0. The average Bonchev–Trinajstić information content (AvgIpc) is 2.67. The van der Waals surface area contributed by atoms with Gasteiger partial charge in [-0.25, -0.2) is 4.98 Å². The Morgan fingerprint density at radius 1 is 1.28 bits per heavy atom. The number of carbonyl (C=O) groups is 1. The molecule has 90 valence electrons. The fourth-order valence-electron chi connectivity index (χ4n) is 2.28. The van der Waals surface area contributed by atoms with E-state index >= 15 is 0 Å². The van der Waals surface area contributed by atoms with Crippen LogP contribution in [-0.4, -0.2) is 26.3 Å². The first kappa shape index (κ1) is 10.7. The number of benzene rings is 1. The number of oxime groups is 1. The maximum absolute atomic E-state index is 12.4. The lowest BCUT2D eigenvalue weighted by Crippen LogP contribution is -2.23. The highest BCUT2D eigenvalue weighted by atomic mass is 16.4. The van der Waals surface area contributed by atoms with Crippen molar-refractivity contribution in [1.29, 1.82) is 0 Å². The monoisotopic (exact) mass is 241 g/mol. The lowest BCUT2D eigenvalue weighted by atomic mass is 9.89. The SMILES string of the molecule is Cc1nc2c(n1C)C(=O)c1ccccc1/C2=N\O. The Balaban J connectivity index is 2.40. The predicted molar refractivity (Wildman–Crippen MR) is 65.2 cm³/mol. The number of ketones is 1. The number of hydrogen-bond donors (Lipinski definition) is 1. The number of aromatic nitrogens is 2. The minimum absolute atomic E-state index is 0.0869. The minimum Gasteiger partial charge on any atom is -0.410 e. The molecule has 0 amide bonds. The first-order chi connectivity index (χ1) is 8.65. The van der Waals surface area contributed by atoms with Crippen molar-refractivity contribution in [2.24, 2.45) is 12.2 Å². The molecule has 1 aromatic heterocycles. The molecule has 0 radical (unpaired) electrons. The number of imidazole rings is 1. The summed E-state index contributed by atoms with van der Waals surface area (Å²) in [5.41, 5.74) is 2.43. The summed E-state index contributed by atoms with van der Waals surface area (Å²) >= 11 is 0. The van der Waals surface area contributed by atoms with Crippen molar-refractivity contribution >= 4 is 11.5 Å². The van der Waals surface area contributed by atoms with Crippen molar-refractivity contribution in [3.63, 3.8) is 0 Å². The van der Waals surface area contributed by atoms with Gasteiger partial charge in [0.25, 0.3) is 0 Å². The molecule has 5 nitrogen and oxygen atoms in total. The summed E-state index contributed by atoms with van der Waals surface area (Å²) in [7, 11) is 1.78. The standard InChI is InChI=1S/C13H11N3O2/c1-7-14-11-10(15-18)8-5-3-4-6-9(8)13(17)12(11)16(7)2/h3-6,18H,1-2H3/b15-10+. The van der Waals surface area contributed by atoms with Gasteiger partial charge in [-0.3, -0.25) is 4.79 Å². The van der Waals surface area contributed by atoms with Gasteiger partial charge >= 0.3 is 0 Å². The third kappa shape index (κ3) is 1.18. The van der Waals surface area contributed by atoms with Crippen LogP contribution < -0.4 is 0 Å². The number of aryl methyl sites for hydroxylation is 1. The van der Waals surface area contributed by atoms with E-state index in [1.165, 1.54) is 0 Å². The van der Waals surface area contributed by atoms with E-state index in [9.17, 15) is 10.0 Å². The summed E-state index contributed by atoms with van der Waals surface area (Å²) in [4.78, 5) is 16.7. The number of nitrogens with zero attached hydrogens (tertiary/aromatic N) is 3. The van der Waals surface area contributed by atoms with Gasteiger partial charge in [0.05, 0.1) is 0 Å². The molecule has 0 saturated heterocycles. The van der Waals surface area contributed by atoms with Crippen LogP contribution >= 0.6 is 0 Å². The number of carbonyl (C=O) groups excluding carboxylic acids is 1. The zero-order chi connectivity index (χ0) is 12.9. The van der Waals surface area contributed by atoms with E-state index in [2.05, 4.69) is 10.1 Å². The smallest absolute Gasteiger partial charge is 0.212 e. The zero-order valence-corrected chi connectivity index (χ0v) is 10.0. The van der Waals surface area contributed by atoms with E-state index in [0.717, 1.165) is 0 Å². The van der Waals surface area contributed by atoms with Crippen molar-refractivity contribution < 1.29 is 10.0 Å². The lowest BCUT2D eigenvalue weighted by Gasteiger charge is -2.16. The third-order valence-electron chi connectivity index (χ3n) is 3.28. The molecule has 0 spiro atoms. The van der Waals surface area contributed by atoms with Gasteiger partial charge in [0.2, 0.25) is 5.78 Å². The largest absolute Gasteiger partial charge is 0.410 e. The molecular weight excluding hydrogens is 230 g/mol. The Labute approximate surface area is 103 Å². The van der Waals surface area contributed by atoms with E-state index in [1.54, 1.807) is 35.9 Å². The van der Waals surface area contributed by atoms with Crippen LogP contribution in [0.2, 0.25) is 0 Å². The van der Waals surface area contributed by atoms with Crippen LogP contribution in [0.5, 0.6) is 0 Å². The molecule has 0 saturated carbocycles. The second-order valence-electron chi connectivity index (χ2n) is 4.24. The summed E-state index contributed by atoms with van der Waals surface area (Å²) in [5.74, 6) is 0.624. The molecule has 0 unspecified atom stereocenters. The van der Waals surface area contributed by atoms with Gasteiger partial charge < -0.3 is 9.77 Å². The minimum atomic E-state index is -0.0869. The second kappa shape index (κ2) is 3.53. The Kier molecular flexibility index (Phi) is 2.10. The maximum Gasteiger partial charge on any atom is 0.212 e. The van der Waals surface area contributed by atoms with Crippen LogP contribution in [0.3, 0.4) is 0 Å². The first-order valence-electron chi connectivity index (χ1n) is 5.55.